The van der Waals surface area contributed by atoms with Crippen molar-refractivity contribution in [2.75, 3.05) is 6.61 Å². The zero-order valence-corrected chi connectivity index (χ0v) is 44.9. The maximum absolute atomic E-state index is 12.6. The first-order valence-corrected chi connectivity index (χ1v) is 30.1. The molecular formula is C61H119NO4. The molecule has 0 aromatic heterocycles. The van der Waals surface area contributed by atoms with Gasteiger partial charge in [0.15, 0.2) is 0 Å². The van der Waals surface area contributed by atoms with Crippen LogP contribution < -0.4 is 5.32 Å². The van der Waals surface area contributed by atoms with E-state index in [-0.39, 0.29) is 18.9 Å². The van der Waals surface area contributed by atoms with Gasteiger partial charge in [0.05, 0.1) is 31.3 Å². The second kappa shape index (κ2) is 56.4. The minimum absolute atomic E-state index is 0.0375. The van der Waals surface area contributed by atoms with Gasteiger partial charge in [0.1, 0.15) is 0 Å². The number of hydrogen-bond acceptors (Lipinski definition) is 4. The van der Waals surface area contributed by atoms with Crippen LogP contribution in [0.2, 0.25) is 0 Å². The average Bonchev–Trinajstić information content (AvgIpc) is 3.31. The molecule has 0 rings (SSSR count). The Labute approximate surface area is 413 Å². The molecule has 0 aliphatic heterocycles. The highest BCUT2D eigenvalue weighted by Crippen LogP contribution is 2.18. The van der Waals surface area contributed by atoms with Crippen LogP contribution in [0.25, 0.3) is 0 Å². The van der Waals surface area contributed by atoms with Gasteiger partial charge in [-0.25, -0.2) is 0 Å². The van der Waals surface area contributed by atoms with Gasteiger partial charge < -0.3 is 20.6 Å². The highest BCUT2D eigenvalue weighted by molar-refractivity contribution is 5.76. The van der Waals surface area contributed by atoms with Crippen LogP contribution in [0.1, 0.15) is 335 Å². The van der Waals surface area contributed by atoms with Crippen LogP contribution in [-0.4, -0.2) is 46.1 Å². The van der Waals surface area contributed by atoms with E-state index in [0.29, 0.717) is 12.8 Å². The molecule has 0 aliphatic rings. The average molecular weight is 931 g/mol. The van der Waals surface area contributed by atoms with Gasteiger partial charge in [-0.1, -0.05) is 308 Å². The van der Waals surface area contributed by atoms with Crippen molar-refractivity contribution in [2.24, 2.45) is 0 Å². The minimum atomic E-state index is -0.750. The smallest absolute Gasteiger partial charge is 0.222 e. The number of hydrogen-bond donors (Lipinski definition) is 4. The van der Waals surface area contributed by atoms with Crippen LogP contribution >= 0.6 is 0 Å². The predicted octanol–water partition coefficient (Wildman–Crippen LogP) is 18.8. The largest absolute Gasteiger partial charge is 0.394 e. The molecule has 0 aliphatic carbocycles. The summed E-state index contributed by atoms with van der Waals surface area (Å²) >= 11 is 0. The van der Waals surface area contributed by atoms with Crippen molar-refractivity contribution in [2.45, 2.75) is 353 Å². The molecule has 0 radical (unpaired) electrons. The summed E-state index contributed by atoms with van der Waals surface area (Å²) in [6.45, 7) is 4.30. The number of unbranched alkanes of at least 4 members (excludes halogenated alkanes) is 43. The minimum Gasteiger partial charge on any atom is -0.394 e. The molecular weight excluding hydrogens is 811 g/mol. The van der Waals surface area contributed by atoms with E-state index in [2.05, 4.69) is 43.5 Å². The van der Waals surface area contributed by atoms with Crippen molar-refractivity contribution >= 4 is 5.91 Å². The maximum Gasteiger partial charge on any atom is 0.222 e. The lowest BCUT2D eigenvalue weighted by atomic mass is 10.0. The standard InChI is InChI=1S/C61H119NO4/c1-3-5-7-9-11-13-15-17-19-21-23-25-27-29-30-31-32-34-36-38-40-42-44-46-48-50-52-54-58(64)56-61(66)62-59(57-63)60(65)55-53-51-49-47-45-43-41-39-37-35-33-28-26-24-22-20-18-16-14-12-10-8-6-4-2/h23,25,29-30,58-60,63-65H,3-22,24,26-28,31-57H2,1-2H3,(H,62,66)/b25-23-,30-29-. The van der Waals surface area contributed by atoms with Crippen molar-refractivity contribution < 1.29 is 20.1 Å². The first kappa shape index (κ1) is 64.8. The Balaban J connectivity index is 3.52. The summed E-state index contributed by atoms with van der Waals surface area (Å²) in [5.41, 5.74) is 0. The quantitative estimate of drug-likeness (QED) is 0.0361. The monoisotopic (exact) mass is 930 g/mol. The second-order valence-electron chi connectivity index (χ2n) is 21.0. The number of aliphatic hydroxyl groups excluding tert-OH is 3. The van der Waals surface area contributed by atoms with Gasteiger partial charge in [0, 0.05) is 0 Å². The van der Waals surface area contributed by atoms with Crippen LogP contribution in [0, 0.1) is 0 Å². The number of carbonyl (C=O) groups is 1. The number of carbonyl (C=O) groups excluding carboxylic acids is 1. The Hall–Kier alpha value is -1.17. The van der Waals surface area contributed by atoms with Crippen molar-refractivity contribution in [3.8, 4) is 0 Å². The topological polar surface area (TPSA) is 89.8 Å². The van der Waals surface area contributed by atoms with Crippen molar-refractivity contribution in [1.29, 1.82) is 0 Å². The van der Waals surface area contributed by atoms with Crippen LogP contribution in [-0.2, 0) is 4.79 Å². The maximum atomic E-state index is 12.6. The highest BCUT2D eigenvalue weighted by atomic mass is 16.3. The summed E-state index contributed by atoms with van der Waals surface area (Å²) < 4.78 is 0. The van der Waals surface area contributed by atoms with Crippen LogP contribution in [0.5, 0.6) is 0 Å². The first-order chi connectivity index (χ1) is 32.5. The Morgan fingerprint density at radius 2 is 0.652 bits per heavy atom. The zero-order chi connectivity index (χ0) is 47.9. The summed E-state index contributed by atoms with van der Waals surface area (Å²) in [7, 11) is 0. The molecule has 5 heteroatoms. The fourth-order valence-electron chi connectivity index (χ4n) is 9.67. The van der Waals surface area contributed by atoms with Crippen LogP contribution in [0.15, 0.2) is 24.3 Å². The van der Waals surface area contributed by atoms with E-state index in [1.165, 1.54) is 270 Å². The van der Waals surface area contributed by atoms with E-state index in [1.54, 1.807) is 0 Å². The Kier molecular flexibility index (Phi) is 55.4. The summed E-state index contributed by atoms with van der Waals surface area (Å²) in [6.07, 6.45) is 72.0. The summed E-state index contributed by atoms with van der Waals surface area (Å²) in [6, 6.07) is -0.659. The van der Waals surface area contributed by atoms with E-state index in [4.69, 9.17) is 0 Å². The molecule has 0 aromatic rings. The Morgan fingerprint density at radius 1 is 0.379 bits per heavy atom. The van der Waals surface area contributed by atoms with Gasteiger partial charge in [0.2, 0.25) is 5.91 Å². The Bertz CT molecular complexity index is 982. The molecule has 3 unspecified atom stereocenters. The lowest BCUT2D eigenvalue weighted by Crippen LogP contribution is -2.46. The van der Waals surface area contributed by atoms with Crippen LogP contribution in [0.3, 0.4) is 0 Å². The normalized spacial score (nSPS) is 13.3. The SMILES string of the molecule is CCCCCCCCCCC/C=C\C/C=C\CCCCCCCCCCCCCC(O)CC(=O)NC(CO)C(O)CCCCCCCCCCCCCCCCCCCCCCCCCC. The van der Waals surface area contributed by atoms with Gasteiger partial charge in [-0.3, -0.25) is 4.79 Å². The molecule has 0 bridgehead atoms. The molecule has 0 saturated heterocycles. The zero-order valence-electron chi connectivity index (χ0n) is 44.9. The van der Waals surface area contributed by atoms with E-state index >= 15 is 0 Å². The molecule has 0 heterocycles. The van der Waals surface area contributed by atoms with Gasteiger partial charge >= 0.3 is 0 Å². The number of allylic oxidation sites excluding steroid dienone is 4. The van der Waals surface area contributed by atoms with Gasteiger partial charge in [-0.15, -0.1) is 0 Å². The van der Waals surface area contributed by atoms with E-state index in [0.717, 1.165) is 32.1 Å². The number of amides is 1. The van der Waals surface area contributed by atoms with E-state index in [9.17, 15) is 20.1 Å². The summed E-state index contributed by atoms with van der Waals surface area (Å²) in [5, 5.41) is 33.7. The third-order valence-corrected chi connectivity index (χ3v) is 14.3. The molecule has 5 nitrogen and oxygen atoms in total. The molecule has 66 heavy (non-hydrogen) atoms. The van der Waals surface area contributed by atoms with Gasteiger partial charge in [0.25, 0.3) is 0 Å². The lowest BCUT2D eigenvalue weighted by molar-refractivity contribution is -0.125. The summed E-state index contributed by atoms with van der Waals surface area (Å²) in [4.78, 5) is 12.6. The van der Waals surface area contributed by atoms with Crippen LogP contribution in [0.4, 0.5) is 0 Å². The number of aliphatic hydroxyl groups is 3. The third kappa shape index (κ3) is 52.2. The van der Waals surface area contributed by atoms with Gasteiger partial charge in [-0.2, -0.15) is 0 Å². The predicted molar refractivity (Wildman–Crippen MR) is 292 cm³/mol. The molecule has 0 aromatic carbocycles. The number of nitrogens with one attached hydrogen (secondary N) is 1. The molecule has 0 saturated carbocycles. The van der Waals surface area contributed by atoms with Crippen molar-refractivity contribution in [3.63, 3.8) is 0 Å². The lowest BCUT2D eigenvalue weighted by Gasteiger charge is -2.23. The molecule has 0 spiro atoms. The molecule has 3 atom stereocenters. The molecule has 4 N–H and O–H groups in total. The summed E-state index contributed by atoms with van der Waals surface area (Å²) in [5.74, 6) is -0.279. The Morgan fingerprint density at radius 3 is 0.955 bits per heavy atom. The molecule has 0 fully saturated rings. The second-order valence-corrected chi connectivity index (χ2v) is 21.0. The first-order valence-electron chi connectivity index (χ1n) is 30.1. The molecule has 1 amide bonds. The van der Waals surface area contributed by atoms with E-state index < -0.39 is 18.2 Å². The van der Waals surface area contributed by atoms with Crippen molar-refractivity contribution in [1.82, 2.24) is 5.32 Å². The fraction of sp³-hybridized carbons (Fsp3) is 0.918. The molecule has 392 valence electrons. The third-order valence-electron chi connectivity index (χ3n) is 14.3. The van der Waals surface area contributed by atoms with Gasteiger partial charge in [-0.05, 0) is 44.9 Å². The van der Waals surface area contributed by atoms with Crippen molar-refractivity contribution in [3.05, 3.63) is 24.3 Å². The highest BCUT2D eigenvalue weighted by Gasteiger charge is 2.21. The van der Waals surface area contributed by atoms with E-state index in [1.807, 2.05) is 0 Å². The fourth-order valence-corrected chi connectivity index (χ4v) is 9.67. The number of rotatable bonds is 56.